The van der Waals surface area contributed by atoms with Crippen LogP contribution in [0.4, 0.5) is 0 Å². The molecule has 0 radical (unpaired) electrons. The van der Waals surface area contributed by atoms with Gasteiger partial charge in [-0.2, -0.15) is 0 Å². The van der Waals surface area contributed by atoms with E-state index in [2.05, 4.69) is 24.3 Å². The van der Waals surface area contributed by atoms with E-state index in [1.807, 2.05) is 48.5 Å². The van der Waals surface area contributed by atoms with Crippen molar-refractivity contribution >= 4 is 29.8 Å². The molecule has 0 spiro atoms. The van der Waals surface area contributed by atoms with E-state index in [1.54, 1.807) is 12.1 Å². The Labute approximate surface area is 179 Å². The summed E-state index contributed by atoms with van der Waals surface area (Å²) in [5, 5.41) is 12.7. The highest BCUT2D eigenvalue weighted by molar-refractivity contribution is 7.80. The number of carboxylic acid groups (broad SMARTS) is 1. The number of carboxylic acids is 1. The highest BCUT2D eigenvalue weighted by atomic mass is 31.1. The molecule has 5 N–H and O–H groups in total. The van der Waals surface area contributed by atoms with Gasteiger partial charge in [0.1, 0.15) is 0 Å². The van der Waals surface area contributed by atoms with E-state index < -0.39 is 13.9 Å². The van der Waals surface area contributed by atoms with Crippen LogP contribution < -0.4 is 27.4 Å². The number of aromatic carboxylic acids is 1. The molecule has 1 fully saturated rings. The van der Waals surface area contributed by atoms with Crippen molar-refractivity contribution in [3.63, 3.8) is 0 Å². The van der Waals surface area contributed by atoms with Gasteiger partial charge in [0, 0.05) is 0 Å². The van der Waals surface area contributed by atoms with Gasteiger partial charge in [-0.15, -0.1) is 0 Å². The van der Waals surface area contributed by atoms with E-state index in [9.17, 15) is 9.90 Å². The molecule has 30 heavy (non-hydrogen) atoms. The summed E-state index contributed by atoms with van der Waals surface area (Å²) >= 11 is 0. The molecule has 0 saturated heterocycles. The highest BCUT2D eigenvalue weighted by Gasteiger charge is 2.22. The largest absolute Gasteiger partial charge is 0.478 e. The van der Waals surface area contributed by atoms with E-state index in [1.165, 1.54) is 19.3 Å². The van der Waals surface area contributed by atoms with E-state index in [-0.39, 0.29) is 5.66 Å². The smallest absolute Gasteiger partial charge is 0.336 e. The quantitative estimate of drug-likeness (QED) is 0.443. The minimum absolute atomic E-state index is 0.321. The molecule has 1 aliphatic rings. The second-order valence-electron chi connectivity index (χ2n) is 7.62. The molecular weight excluding hydrogens is 391 g/mol. The number of hydrogen-bond acceptors (Lipinski definition) is 3. The van der Waals surface area contributed by atoms with E-state index in [0.29, 0.717) is 5.56 Å². The minimum atomic E-state index is -0.880. The summed E-state index contributed by atoms with van der Waals surface area (Å²) in [6.07, 6.45) is 5.76. The van der Waals surface area contributed by atoms with E-state index >= 15 is 0 Å². The molecule has 0 aliphatic heterocycles. The normalized spacial score (nSPS) is 15.2. The van der Waals surface area contributed by atoms with Gasteiger partial charge in [0.2, 0.25) is 0 Å². The topological polar surface area (TPSA) is 89.3 Å². The van der Waals surface area contributed by atoms with Crippen molar-refractivity contribution in [3.05, 3.63) is 90.5 Å². The number of hydrogen-bond donors (Lipinski definition) is 3. The van der Waals surface area contributed by atoms with Crippen molar-refractivity contribution in [2.45, 2.75) is 37.8 Å². The number of carbonyl (C=O) groups is 1. The molecular formula is C25H29N2O2P. The van der Waals surface area contributed by atoms with Crippen LogP contribution in [-0.4, -0.2) is 16.7 Å². The molecule has 0 aromatic heterocycles. The van der Waals surface area contributed by atoms with Crippen LogP contribution >= 0.6 is 7.92 Å². The van der Waals surface area contributed by atoms with Crippen molar-refractivity contribution in [3.8, 4) is 0 Å². The van der Waals surface area contributed by atoms with Crippen molar-refractivity contribution in [1.82, 2.24) is 0 Å². The van der Waals surface area contributed by atoms with Crippen molar-refractivity contribution in [2.24, 2.45) is 11.5 Å². The number of rotatable bonds is 4. The third-order valence-electron chi connectivity index (χ3n) is 5.19. The molecule has 3 aromatic rings. The molecule has 3 aromatic carbocycles. The Kier molecular flexibility index (Phi) is 7.75. The SMILES string of the molecule is NC1(N)CCCCC1.O=C(O)c1ccccc1P(c1ccccc1)c1ccccc1. The van der Waals surface area contributed by atoms with Gasteiger partial charge in [0.05, 0.1) is 11.2 Å². The van der Waals surface area contributed by atoms with Crippen LogP contribution in [-0.2, 0) is 0 Å². The van der Waals surface area contributed by atoms with Crippen LogP contribution in [0.1, 0.15) is 42.5 Å². The molecule has 5 heteroatoms. The first-order chi connectivity index (χ1) is 14.5. The average Bonchev–Trinajstić information content (AvgIpc) is 2.76. The maximum atomic E-state index is 11.6. The lowest BCUT2D eigenvalue weighted by Gasteiger charge is -2.28. The number of nitrogens with two attached hydrogens (primary N) is 2. The van der Waals surface area contributed by atoms with Gasteiger partial charge in [0.25, 0.3) is 0 Å². The molecule has 156 valence electrons. The van der Waals surface area contributed by atoms with Crippen LogP contribution in [0.3, 0.4) is 0 Å². The maximum absolute atomic E-state index is 11.6. The van der Waals surface area contributed by atoms with Crippen LogP contribution in [0.25, 0.3) is 0 Å². The van der Waals surface area contributed by atoms with Gasteiger partial charge < -0.3 is 16.6 Å². The molecule has 0 unspecified atom stereocenters. The predicted molar refractivity (Wildman–Crippen MR) is 126 cm³/mol. The molecule has 1 aliphatic carbocycles. The summed E-state index contributed by atoms with van der Waals surface area (Å²) < 4.78 is 0. The molecule has 4 rings (SSSR count). The van der Waals surface area contributed by atoms with Gasteiger partial charge >= 0.3 is 5.97 Å². The van der Waals surface area contributed by atoms with Crippen molar-refractivity contribution in [1.29, 1.82) is 0 Å². The summed E-state index contributed by atoms with van der Waals surface area (Å²) in [5.41, 5.74) is 11.4. The monoisotopic (exact) mass is 420 g/mol. The fourth-order valence-corrected chi connectivity index (χ4v) is 6.08. The first kappa shape index (κ1) is 22.2. The van der Waals surface area contributed by atoms with E-state index in [0.717, 1.165) is 28.8 Å². The molecule has 0 heterocycles. The average molecular weight is 420 g/mol. The summed E-state index contributed by atoms with van der Waals surface area (Å²) in [7, 11) is -0.880. The van der Waals surface area contributed by atoms with Gasteiger partial charge in [-0.25, -0.2) is 4.79 Å². The van der Waals surface area contributed by atoms with Crippen LogP contribution in [0.2, 0.25) is 0 Å². The fourth-order valence-electron chi connectivity index (χ4n) is 3.64. The molecule has 4 nitrogen and oxygen atoms in total. The molecule has 1 saturated carbocycles. The zero-order valence-corrected chi connectivity index (χ0v) is 18.0. The second-order valence-corrected chi connectivity index (χ2v) is 9.81. The summed E-state index contributed by atoms with van der Waals surface area (Å²) in [6, 6.07) is 27.5. The third-order valence-corrected chi connectivity index (χ3v) is 7.69. The molecule has 0 bridgehead atoms. The Bertz CT molecular complexity index is 898. The first-order valence-corrected chi connectivity index (χ1v) is 11.6. The van der Waals surface area contributed by atoms with Crippen LogP contribution in [0.15, 0.2) is 84.9 Å². The predicted octanol–water partition coefficient (Wildman–Crippen LogP) is 3.71. The Morgan fingerprint density at radius 1 is 0.733 bits per heavy atom. The fraction of sp³-hybridized carbons (Fsp3) is 0.240. The zero-order valence-electron chi connectivity index (χ0n) is 17.1. The van der Waals surface area contributed by atoms with Crippen LogP contribution in [0, 0.1) is 0 Å². The standard InChI is InChI=1S/C19H15O2P.C6H14N2/c20-19(21)17-13-7-8-14-18(17)22(15-9-3-1-4-10-15)16-11-5-2-6-12-16;7-6(8)4-2-1-3-5-6/h1-14H,(H,20,21);1-5,7-8H2. The Morgan fingerprint density at radius 3 is 1.63 bits per heavy atom. The summed E-state index contributed by atoms with van der Waals surface area (Å²) in [5.74, 6) is -0.880. The summed E-state index contributed by atoms with van der Waals surface area (Å²) in [6.45, 7) is 0. The lowest BCUT2D eigenvalue weighted by molar-refractivity contribution is 0.0698. The minimum Gasteiger partial charge on any atom is -0.478 e. The first-order valence-electron chi connectivity index (χ1n) is 10.3. The Morgan fingerprint density at radius 2 is 1.20 bits per heavy atom. The zero-order chi connectivity index (χ0) is 21.4. The second kappa shape index (κ2) is 10.5. The number of benzene rings is 3. The van der Waals surface area contributed by atoms with Gasteiger partial charge in [-0.05, 0) is 42.7 Å². The lowest BCUT2D eigenvalue weighted by Crippen LogP contribution is -2.50. The van der Waals surface area contributed by atoms with E-state index in [4.69, 9.17) is 11.5 Å². The lowest BCUT2D eigenvalue weighted by atomic mass is 9.91. The third kappa shape index (κ3) is 5.99. The Balaban J connectivity index is 0.000000269. The van der Waals surface area contributed by atoms with Crippen molar-refractivity contribution in [2.75, 3.05) is 0 Å². The Hall–Kier alpha value is -2.52. The highest BCUT2D eigenvalue weighted by Crippen LogP contribution is 2.33. The molecule has 0 amide bonds. The van der Waals surface area contributed by atoms with Gasteiger partial charge in [-0.1, -0.05) is 98.1 Å². The maximum Gasteiger partial charge on any atom is 0.336 e. The van der Waals surface area contributed by atoms with Gasteiger partial charge in [-0.3, -0.25) is 0 Å². The summed E-state index contributed by atoms with van der Waals surface area (Å²) in [4.78, 5) is 11.6. The molecule has 0 atom stereocenters. The van der Waals surface area contributed by atoms with Crippen molar-refractivity contribution < 1.29 is 9.90 Å². The van der Waals surface area contributed by atoms with Gasteiger partial charge in [0.15, 0.2) is 0 Å². The van der Waals surface area contributed by atoms with Crippen LogP contribution in [0.5, 0.6) is 0 Å².